The normalized spacial score (nSPS) is 30.6. The molecule has 3 rings (SSSR count). The number of aliphatic hydroxyl groups excluding tert-OH is 1. The van der Waals surface area contributed by atoms with Gasteiger partial charge in [0.25, 0.3) is 0 Å². The Bertz CT molecular complexity index is 688. The number of carbonyl (C=O) groups excluding carboxylic acids is 1. The van der Waals surface area contributed by atoms with Crippen LogP contribution in [0.25, 0.3) is 0 Å². The lowest BCUT2D eigenvalue weighted by molar-refractivity contribution is -0.125. The average Bonchev–Trinajstić information content (AvgIpc) is 3.12. The van der Waals surface area contributed by atoms with Gasteiger partial charge in [-0.25, -0.2) is 13.4 Å². The largest absolute Gasteiger partial charge is 0.390 e. The summed E-state index contributed by atoms with van der Waals surface area (Å²) < 4.78 is 24.6. The fourth-order valence-electron chi connectivity index (χ4n) is 3.10. The number of likely N-dealkylation sites (tertiary alicyclic amines) is 1. The Balaban J connectivity index is 1.55. The first-order valence-corrected chi connectivity index (χ1v) is 9.40. The minimum Gasteiger partial charge on any atom is -0.390 e. The number of amides is 1. The molecule has 0 aromatic carbocycles. The van der Waals surface area contributed by atoms with Crippen LogP contribution in [0.4, 0.5) is 0 Å². The van der Waals surface area contributed by atoms with Crippen LogP contribution in [0.2, 0.25) is 0 Å². The van der Waals surface area contributed by atoms with Crippen molar-refractivity contribution in [2.45, 2.75) is 25.1 Å². The van der Waals surface area contributed by atoms with Gasteiger partial charge in [-0.05, 0) is 6.42 Å². The highest BCUT2D eigenvalue weighted by Gasteiger charge is 2.37. The number of sulfone groups is 1. The van der Waals surface area contributed by atoms with Crippen LogP contribution in [0.5, 0.6) is 0 Å². The Kier molecular flexibility index (Phi) is 4.39. The number of hydrogen-bond acceptors (Lipinski definition) is 7. The van der Waals surface area contributed by atoms with Crippen LogP contribution in [0, 0.1) is 5.92 Å². The van der Waals surface area contributed by atoms with Crippen LogP contribution >= 0.6 is 0 Å². The minimum atomic E-state index is -3.09. The van der Waals surface area contributed by atoms with Crippen LogP contribution < -0.4 is 5.32 Å². The third-order valence-electron chi connectivity index (χ3n) is 4.47. The van der Waals surface area contributed by atoms with Crippen molar-refractivity contribution in [3.05, 3.63) is 12.2 Å². The monoisotopic (exact) mass is 343 g/mol. The first-order valence-electron chi connectivity index (χ1n) is 7.58. The number of aromatic nitrogens is 3. The second-order valence-electron chi connectivity index (χ2n) is 6.28. The quantitative estimate of drug-likeness (QED) is 0.644. The highest BCUT2D eigenvalue weighted by molar-refractivity contribution is 7.91. The highest BCUT2D eigenvalue weighted by Crippen LogP contribution is 2.20. The number of hydrogen-bond donors (Lipinski definition) is 2. The molecule has 1 aromatic rings. The van der Waals surface area contributed by atoms with Gasteiger partial charge < -0.3 is 10.4 Å². The molecule has 0 spiro atoms. The number of aryl methyl sites for hydroxylation is 1. The van der Waals surface area contributed by atoms with Crippen molar-refractivity contribution in [1.82, 2.24) is 25.0 Å². The smallest absolute Gasteiger partial charge is 0.224 e. The molecule has 2 aliphatic heterocycles. The zero-order chi connectivity index (χ0) is 16.6. The number of carbonyl (C=O) groups is 1. The van der Waals surface area contributed by atoms with Gasteiger partial charge in [0.15, 0.2) is 9.84 Å². The summed E-state index contributed by atoms with van der Waals surface area (Å²) in [7, 11) is -1.29. The topological polar surface area (TPSA) is 117 Å². The Morgan fingerprint density at radius 3 is 2.87 bits per heavy atom. The van der Waals surface area contributed by atoms with Crippen LogP contribution in [0.1, 0.15) is 12.2 Å². The van der Waals surface area contributed by atoms with Gasteiger partial charge in [0.05, 0.1) is 36.1 Å². The number of nitrogens with one attached hydrogen (secondary N) is 1. The van der Waals surface area contributed by atoms with Crippen molar-refractivity contribution in [1.29, 1.82) is 0 Å². The zero-order valence-corrected chi connectivity index (χ0v) is 13.7. The van der Waals surface area contributed by atoms with E-state index in [0.29, 0.717) is 26.1 Å². The summed E-state index contributed by atoms with van der Waals surface area (Å²) >= 11 is 0. The van der Waals surface area contributed by atoms with Gasteiger partial charge in [0.1, 0.15) is 12.2 Å². The number of aliphatic hydroxyl groups is 1. The molecule has 10 heteroatoms. The van der Waals surface area contributed by atoms with E-state index in [1.54, 1.807) is 11.7 Å². The molecule has 3 atom stereocenters. The van der Waals surface area contributed by atoms with Crippen LogP contribution in [0.3, 0.4) is 0 Å². The van der Waals surface area contributed by atoms with Crippen molar-refractivity contribution >= 4 is 15.7 Å². The Morgan fingerprint density at radius 1 is 1.48 bits per heavy atom. The van der Waals surface area contributed by atoms with E-state index in [2.05, 4.69) is 15.4 Å². The van der Waals surface area contributed by atoms with Gasteiger partial charge in [0.2, 0.25) is 5.91 Å². The molecule has 0 aliphatic carbocycles. The maximum atomic E-state index is 12.2. The van der Waals surface area contributed by atoms with E-state index >= 15 is 0 Å². The molecule has 0 saturated carbocycles. The third kappa shape index (κ3) is 3.70. The Morgan fingerprint density at radius 2 is 2.26 bits per heavy atom. The molecule has 128 valence electrons. The Labute approximate surface area is 134 Å². The zero-order valence-electron chi connectivity index (χ0n) is 12.9. The summed E-state index contributed by atoms with van der Waals surface area (Å²) in [6.45, 7) is 1.47. The second-order valence-corrected chi connectivity index (χ2v) is 8.51. The summed E-state index contributed by atoms with van der Waals surface area (Å²) in [5, 5.41) is 16.9. The predicted molar refractivity (Wildman–Crippen MR) is 81.0 cm³/mol. The van der Waals surface area contributed by atoms with Crippen LogP contribution in [0.15, 0.2) is 6.33 Å². The Hall–Kier alpha value is -1.52. The van der Waals surface area contributed by atoms with Gasteiger partial charge in [-0.15, -0.1) is 0 Å². The van der Waals surface area contributed by atoms with E-state index in [0.717, 1.165) is 5.82 Å². The lowest BCUT2D eigenvalue weighted by atomic mass is 10.1. The molecule has 2 N–H and O–H groups in total. The summed E-state index contributed by atoms with van der Waals surface area (Å²) in [5.74, 6) is -0.0253. The van der Waals surface area contributed by atoms with Crippen molar-refractivity contribution in [3.63, 3.8) is 0 Å². The maximum Gasteiger partial charge on any atom is 0.224 e. The lowest BCUT2D eigenvalue weighted by Crippen LogP contribution is -2.45. The van der Waals surface area contributed by atoms with Gasteiger partial charge in [-0.1, -0.05) is 0 Å². The molecule has 2 saturated heterocycles. The average molecular weight is 343 g/mol. The van der Waals surface area contributed by atoms with E-state index in [-0.39, 0.29) is 23.5 Å². The molecule has 9 nitrogen and oxygen atoms in total. The number of rotatable bonds is 4. The van der Waals surface area contributed by atoms with Crippen molar-refractivity contribution in [2.75, 3.05) is 24.6 Å². The van der Waals surface area contributed by atoms with Gasteiger partial charge in [0, 0.05) is 20.1 Å². The summed E-state index contributed by atoms with van der Waals surface area (Å²) in [5.41, 5.74) is 0. The van der Waals surface area contributed by atoms with Crippen LogP contribution in [-0.4, -0.2) is 75.8 Å². The van der Waals surface area contributed by atoms with E-state index in [4.69, 9.17) is 0 Å². The molecule has 23 heavy (non-hydrogen) atoms. The summed E-state index contributed by atoms with van der Waals surface area (Å²) in [6, 6.07) is -0.390. The van der Waals surface area contributed by atoms with Crippen LogP contribution in [-0.2, 0) is 28.2 Å². The molecule has 1 unspecified atom stereocenters. The molecular weight excluding hydrogens is 322 g/mol. The van der Waals surface area contributed by atoms with Crippen molar-refractivity contribution < 1.29 is 18.3 Å². The van der Waals surface area contributed by atoms with E-state index in [1.807, 2.05) is 4.90 Å². The lowest BCUT2D eigenvalue weighted by Gasteiger charge is -2.18. The number of nitrogens with zero attached hydrogens (tertiary/aromatic N) is 4. The van der Waals surface area contributed by atoms with Crippen molar-refractivity contribution in [2.24, 2.45) is 13.0 Å². The molecule has 1 amide bonds. The maximum absolute atomic E-state index is 12.2. The standard InChI is InChI=1S/C13H21N5O4S/c1-17-12(14-8-15-17)6-18-4-10(11(19)5-18)16-13(20)9-2-3-23(21,22)7-9/h8-11,19H,2-7H2,1H3,(H,16,20)/t9?,10-,11+/m0/s1. The molecule has 0 bridgehead atoms. The summed E-state index contributed by atoms with van der Waals surface area (Å²) in [4.78, 5) is 18.3. The predicted octanol–water partition coefficient (Wildman–Crippen LogP) is -2.09. The first-order chi connectivity index (χ1) is 10.8. The second kappa shape index (κ2) is 6.17. The minimum absolute atomic E-state index is 0.0661. The fourth-order valence-corrected chi connectivity index (χ4v) is 4.84. The summed E-state index contributed by atoms with van der Waals surface area (Å²) in [6.07, 6.45) is 1.16. The van der Waals surface area contributed by atoms with Gasteiger partial charge >= 0.3 is 0 Å². The molecule has 2 aliphatic rings. The van der Waals surface area contributed by atoms with E-state index < -0.39 is 21.9 Å². The fraction of sp³-hybridized carbons (Fsp3) is 0.769. The van der Waals surface area contributed by atoms with Gasteiger partial charge in [-0.3, -0.25) is 14.4 Å². The first kappa shape index (κ1) is 16.3. The molecule has 2 fully saturated rings. The van der Waals surface area contributed by atoms with Crippen molar-refractivity contribution in [3.8, 4) is 0 Å². The molecule has 1 aromatic heterocycles. The molecule has 0 radical (unpaired) electrons. The third-order valence-corrected chi connectivity index (χ3v) is 6.23. The highest BCUT2D eigenvalue weighted by atomic mass is 32.2. The molecule has 3 heterocycles. The van der Waals surface area contributed by atoms with E-state index in [1.165, 1.54) is 6.33 Å². The van der Waals surface area contributed by atoms with Gasteiger partial charge in [-0.2, -0.15) is 5.10 Å². The molecular formula is C13H21N5O4S. The number of β-amino-alcohol motifs (C(OH)–C–C–N with tert-alkyl or cyclic N) is 1. The SMILES string of the molecule is Cn1ncnc1CN1C[C@@H](O)[C@@H](NC(=O)C2CCS(=O)(=O)C2)C1. The van der Waals surface area contributed by atoms with E-state index in [9.17, 15) is 18.3 Å².